The molecule has 0 aliphatic rings. The van der Waals surface area contributed by atoms with Crippen LogP contribution < -0.4 is 5.32 Å². The molecule has 0 saturated heterocycles. The summed E-state index contributed by atoms with van der Waals surface area (Å²) >= 11 is 1.78. The molecular weight excluding hydrogens is 240 g/mol. The van der Waals surface area contributed by atoms with E-state index in [4.69, 9.17) is 0 Å². The Morgan fingerprint density at radius 3 is 2.89 bits per heavy atom. The standard InChI is InChI=1S/C15H22N2S/c1-3-15(16-4-2)14-6-9-17(11-14)8-5-13-7-10-18-12-13/h6-7,9-12,15-16H,3-5,8H2,1-2H3. The Morgan fingerprint density at radius 2 is 2.22 bits per heavy atom. The molecule has 2 rings (SSSR count). The van der Waals surface area contributed by atoms with E-state index in [9.17, 15) is 0 Å². The van der Waals surface area contributed by atoms with Crippen LogP contribution in [0.2, 0.25) is 0 Å². The molecule has 0 amide bonds. The summed E-state index contributed by atoms with van der Waals surface area (Å²) in [5.74, 6) is 0. The first-order chi connectivity index (χ1) is 8.83. The van der Waals surface area contributed by atoms with Gasteiger partial charge in [-0.2, -0.15) is 11.3 Å². The topological polar surface area (TPSA) is 17.0 Å². The molecule has 0 spiro atoms. The van der Waals surface area contributed by atoms with E-state index in [1.165, 1.54) is 11.1 Å². The maximum absolute atomic E-state index is 3.52. The number of nitrogens with zero attached hydrogens (tertiary/aromatic N) is 1. The van der Waals surface area contributed by atoms with Crippen LogP contribution in [0.4, 0.5) is 0 Å². The molecule has 1 atom stereocenters. The second-order valence-electron chi connectivity index (χ2n) is 4.58. The van der Waals surface area contributed by atoms with Crippen molar-refractivity contribution in [3.63, 3.8) is 0 Å². The summed E-state index contributed by atoms with van der Waals surface area (Å²) in [6.07, 6.45) is 6.74. The van der Waals surface area contributed by atoms with Crippen LogP contribution in [-0.4, -0.2) is 11.1 Å². The molecule has 0 aliphatic carbocycles. The number of thiophene rings is 1. The molecule has 0 saturated carbocycles. The quantitative estimate of drug-likeness (QED) is 0.802. The van der Waals surface area contributed by atoms with Crippen LogP contribution in [0.25, 0.3) is 0 Å². The Bertz CT molecular complexity index is 445. The van der Waals surface area contributed by atoms with Gasteiger partial charge in [-0.25, -0.2) is 0 Å². The first kappa shape index (κ1) is 13.4. The summed E-state index contributed by atoms with van der Waals surface area (Å²) in [6.45, 7) is 6.49. The van der Waals surface area contributed by atoms with E-state index in [1.807, 2.05) is 0 Å². The van der Waals surface area contributed by atoms with Gasteiger partial charge in [0.25, 0.3) is 0 Å². The van der Waals surface area contributed by atoms with E-state index in [0.717, 1.165) is 25.9 Å². The summed E-state index contributed by atoms with van der Waals surface area (Å²) in [5.41, 5.74) is 2.85. The molecule has 0 radical (unpaired) electrons. The van der Waals surface area contributed by atoms with Crippen LogP contribution in [0.1, 0.15) is 37.4 Å². The highest BCUT2D eigenvalue weighted by Gasteiger charge is 2.08. The summed E-state index contributed by atoms with van der Waals surface area (Å²) in [6, 6.07) is 4.95. The number of aromatic nitrogens is 1. The van der Waals surface area contributed by atoms with Crippen molar-refractivity contribution >= 4 is 11.3 Å². The van der Waals surface area contributed by atoms with Crippen molar-refractivity contribution < 1.29 is 0 Å². The van der Waals surface area contributed by atoms with E-state index >= 15 is 0 Å². The van der Waals surface area contributed by atoms with Gasteiger partial charge in [0.15, 0.2) is 0 Å². The first-order valence-electron chi connectivity index (χ1n) is 6.73. The lowest BCUT2D eigenvalue weighted by molar-refractivity contribution is 0.535. The van der Waals surface area contributed by atoms with Crippen molar-refractivity contribution in [1.29, 1.82) is 0 Å². The van der Waals surface area contributed by atoms with Gasteiger partial charge in [-0.3, -0.25) is 0 Å². The van der Waals surface area contributed by atoms with Crippen LogP contribution in [0.15, 0.2) is 35.3 Å². The van der Waals surface area contributed by atoms with Gasteiger partial charge >= 0.3 is 0 Å². The Kier molecular flexibility index (Phi) is 5.02. The fourth-order valence-electron chi connectivity index (χ4n) is 2.24. The van der Waals surface area contributed by atoms with Crippen molar-refractivity contribution in [2.45, 2.75) is 39.3 Å². The molecule has 1 N–H and O–H groups in total. The second kappa shape index (κ2) is 6.76. The molecule has 2 aromatic rings. The van der Waals surface area contributed by atoms with Crippen molar-refractivity contribution in [3.8, 4) is 0 Å². The molecule has 1 unspecified atom stereocenters. The highest BCUT2D eigenvalue weighted by atomic mass is 32.1. The molecule has 0 bridgehead atoms. The SMILES string of the molecule is CCNC(CC)c1ccn(CCc2ccsc2)c1. The zero-order valence-electron chi connectivity index (χ0n) is 11.2. The molecule has 2 heterocycles. The van der Waals surface area contributed by atoms with E-state index in [1.54, 1.807) is 11.3 Å². The minimum atomic E-state index is 0.498. The van der Waals surface area contributed by atoms with Crippen LogP contribution in [0.5, 0.6) is 0 Å². The molecule has 3 heteroatoms. The number of rotatable bonds is 7. The average Bonchev–Trinajstić information content (AvgIpc) is 3.04. The van der Waals surface area contributed by atoms with E-state index in [2.05, 4.69) is 59.0 Å². The van der Waals surface area contributed by atoms with Gasteiger partial charge in [-0.1, -0.05) is 13.8 Å². The van der Waals surface area contributed by atoms with Gasteiger partial charge in [0.2, 0.25) is 0 Å². The van der Waals surface area contributed by atoms with E-state index in [-0.39, 0.29) is 0 Å². The average molecular weight is 262 g/mol. The largest absolute Gasteiger partial charge is 0.354 e. The molecular formula is C15H22N2S. The lowest BCUT2D eigenvalue weighted by Gasteiger charge is -2.13. The molecule has 0 fully saturated rings. The van der Waals surface area contributed by atoms with Crippen molar-refractivity contribution in [1.82, 2.24) is 9.88 Å². The summed E-state index contributed by atoms with van der Waals surface area (Å²) < 4.78 is 2.30. The summed E-state index contributed by atoms with van der Waals surface area (Å²) in [4.78, 5) is 0. The summed E-state index contributed by atoms with van der Waals surface area (Å²) in [7, 11) is 0. The number of hydrogen-bond acceptors (Lipinski definition) is 2. The Balaban J connectivity index is 1.92. The number of hydrogen-bond donors (Lipinski definition) is 1. The van der Waals surface area contributed by atoms with Gasteiger partial charge in [-0.15, -0.1) is 0 Å². The lowest BCUT2D eigenvalue weighted by atomic mass is 10.1. The van der Waals surface area contributed by atoms with Gasteiger partial charge in [0, 0.05) is 25.0 Å². The minimum Gasteiger partial charge on any atom is -0.354 e. The predicted octanol–water partition coefficient (Wildman–Crippen LogP) is 3.85. The normalized spacial score (nSPS) is 12.8. The van der Waals surface area contributed by atoms with Crippen molar-refractivity contribution in [2.24, 2.45) is 0 Å². The summed E-state index contributed by atoms with van der Waals surface area (Å²) in [5, 5.41) is 7.90. The highest BCUT2D eigenvalue weighted by Crippen LogP contribution is 2.17. The van der Waals surface area contributed by atoms with Crippen LogP contribution in [0.3, 0.4) is 0 Å². The third kappa shape index (κ3) is 3.47. The molecule has 0 aliphatic heterocycles. The smallest absolute Gasteiger partial charge is 0.0332 e. The van der Waals surface area contributed by atoms with Gasteiger partial charge in [0.05, 0.1) is 0 Å². The Morgan fingerprint density at radius 1 is 1.33 bits per heavy atom. The Labute approximate surface area is 114 Å². The zero-order valence-corrected chi connectivity index (χ0v) is 12.0. The van der Waals surface area contributed by atoms with Gasteiger partial charge < -0.3 is 9.88 Å². The van der Waals surface area contributed by atoms with Crippen LogP contribution >= 0.6 is 11.3 Å². The zero-order chi connectivity index (χ0) is 12.8. The maximum Gasteiger partial charge on any atom is 0.0332 e. The van der Waals surface area contributed by atoms with Gasteiger partial charge in [0.1, 0.15) is 0 Å². The lowest BCUT2D eigenvalue weighted by Crippen LogP contribution is -2.19. The predicted molar refractivity (Wildman–Crippen MR) is 79.2 cm³/mol. The highest BCUT2D eigenvalue weighted by molar-refractivity contribution is 7.07. The minimum absolute atomic E-state index is 0.498. The molecule has 2 aromatic heterocycles. The van der Waals surface area contributed by atoms with E-state index < -0.39 is 0 Å². The third-order valence-electron chi connectivity index (χ3n) is 3.27. The number of aryl methyl sites for hydroxylation is 2. The molecule has 18 heavy (non-hydrogen) atoms. The fourth-order valence-corrected chi connectivity index (χ4v) is 2.95. The van der Waals surface area contributed by atoms with E-state index in [0.29, 0.717) is 6.04 Å². The monoisotopic (exact) mass is 262 g/mol. The molecule has 98 valence electrons. The van der Waals surface area contributed by atoms with Gasteiger partial charge in [-0.05, 0) is 53.4 Å². The maximum atomic E-state index is 3.52. The first-order valence-corrected chi connectivity index (χ1v) is 7.68. The fraction of sp³-hybridized carbons (Fsp3) is 0.467. The van der Waals surface area contributed by atoms with Crippen molar-refractivity contribution in [3.05, 3.63) is 46.4 Å². The van der Waals surface area contributed by atoms with Crippen LogP contribution in [-0.2, 0) is 13.0 Å². The Hall–Kier alpha value is -1.06. The van der Waals surface area contributed by atoms with Crippen LogP contribution in [0, 0.1) is 0 Å². The molecule has 0 aromatic carbocycles. The second-order valence-corrected chi connectivity index (χ2v) is 5.36. The number of nitrogens with one attached hydrogen (secondary N) is 1. The molecule has 2 nitrogen and oxygen atoms in total. The van der Waals surface area contributed by atoms with Crippen molar-refractivity contribution in [2.75, 3.05) is 6.54 Å². The third-order valence-corrected chi connectivity index (χ3v) is 4.01.